The zero-order valence-corrected chi connectivity index (χ0v) is 28.4. The maximum Gasteiger partial charge on any atom is 0.129 e. The average molecular weight is 719 g/mol. The molecule has 0 bridgehead atoms. The second-order valence-corrected chi connectivity index (χ2v) is 11.4. The van der Waals surface area contributed by atoms with Gasteiger partial charge in [0.05, 0.1) is 0 Å². The highest BCUT2D eigenvalue weighted by atomic mass is 19.2. The van der Waals surface area contributed by atoms with E-state index in [0.717, 1.165) is 11.1 Å². The molecule has 0 N–H and O–H groups in total. The lowest BCUT2D eigenvalue weighted by atomic mass is 10.1. The lowest BCUT2D eigenvalue weighted by Gasteiger charge is -1.98. The summed E-state index contributed by atoms with van der Waals surface area (Å²) in [6.45, 7) is 17.6. The van der Waals surface area contributed by atoms with E-state index in [4.69, 9.17) is 0 Å². The Hall–Kier alpha value is -4.32. The SMILES string of the molecule is C.C.C.C.C.Cc1cc(F)c(C)c(F)c1.Cc1cc(F)c(C)c(F)c1.Cc1ccc(C)c(F)c1.Cc1ccc(C)c(F)c1.Cc1ccc(C)cc1. The van der Waals surface area contributed by atoms with E-state index in [2.05, 4.69) is 38.1 Å². The monoisotopic (exact) mass is 718 g/mol. The zero-order valence-electron chi connectivity index (χ0n) is 28.4. The molecule has 0 atom stereocenters. The van der Waals surface area contributed by atoms with Gasteiger partial charge in [-0.3, -0.25) is 0 Å². The molecule has 0 aliphatic carbocycles. The summed E-state index contributed by atoms with van der Waals surface area (Å²) in [4.78, 5) is 0. The van der Waals surface area contributed by atoms with Crippen LogP contribution in [0.15, 0.2) is 84.9 Å². The molecule has 51 heavy (non-hydrogen) atoms. The molecule has 0 unspecified atom stereocenters. The van der Waals surface area contributed by atoms with Crippen molar-refractivity contribution in [1.29, 1.82) is 0 Å². The molecular formula is C45H64F6. The molecular weight excluding hydrogens is 654 g/mol. The Balaban J connectivity index is -0.000000169. The first kappa shape index (κ1) is 56.1. The number of halogens is 6. The Bertz CT molecular complexity index is 1520. The van der Waals surface area contributed by atoms with E-state index in [1.807, 2.05) is 26.0 Å². The molecule has 0 saturated carbocycles. The summed E-state index contributed by atoms with van der Waals surface area (Å²) < 4.78 is 75.6. The van der Waals surface area contributed by atoms with Gasteiger partial charge >= 0.3 is 0 Å². The third kappa shape index (κ3) is 21.5. The molecule has 0 aliphatic rings. The summed E-state index contributed by atoms with van der Waals surface area (Å²) in [5, 5.41) is 0. The Morgan fingerprint density at radius 3 is 0.647 bits per heavy atom. The van der Waals surface area contributed by atoms with Crippen LogP contribution in [0, 0.1) is 104 Å². The molecule has 0 saturated heterocycles. The van der Waals surface area contributed by atoms with E-state index in [1.54, 1.807) is 39.8 Å². The lowest BCUT2D eigenvalue weighted by Crippen LogP contribution is -1.89. The van der Waals surface area contributed by atoms with Gasteiger partial charge in [-0.1, -0.05) is 96.8 Å². The highest BCUT2D eigenvalue weighted by molar-refractivity contribution is 5.25. The van der Waals surface area contributed by atoms with Gasteiger partial charge in [-0.05, 0) is 139 Å². The molecule has 5 rings (SSSR count). The molecule has 286 valence electrons. The van der Waals surface area contributed by atoms with Crippen LogP contribution in [0.2, 0.25) is 0 Å². The van der Waals surface area contributed by atoms with Crippen LogP contribution in [-0.4, -0.2) is 0 Å². The van der Waals surface area contributed by atoms with Crippen molar-refractivity contribution in [1.82, 2.24) is 0 Å². The topological polar surface area (TPSA) is 0 Å². The fourth-order valence-corrected chi connectivity index (χ4v) is 3.58. The van der Waals surface area contributed by atoms with Gasteiger partial charge in [0.25, 0.3) is 0 Å². The van der Waals surface area contributed by atoms with Gasteiger partial charge < -0.3 is 0 Å². The summed E-state index contributed by atoms with van der Waals surface area (Å²) in [5.41, 5.74) is 7.42. The molecule has 0 aliphatic heterocycles. The first-order chi connectivity index (χ1) is 21.4. The van der Waals surface area contributed by atoms with Crippen LogP contribution in [0.5, 0.6) is 0 Å². The van der Waals surface area contributed by atoms with Crippen molar-refractivity contribution in [2.24, 2.45) is 0 Å². The second-order valence-electron chi connectivity index (χ2n) is 11.4. The van der Waals surface area contributed by atoms with Crippen molar-refractivity contribution in [3.63, 3.8) is 0 Å². The van der Waals surface area contributed by atoms with E-state index in [9.17, 15) is 26.3 Å². The minimum atomic E-state index is -0.475. The van der Waals surface area contributed by atoms with E-state index in [-0.39, 0.29) is 59.9 Å². The van der Waals surface area contributed by atoms with Gasteiger partial charge in [-0.15, -0.1) is 0 Å². The third-order valence-corrected chi connectivity index (χ3v) is 6.72. The van der Waals surface area contributed by atoms with Crippen LogP contribution < -0.4 is 0 Å². The highest BCUT2D eigenvalue weighted by Crippen LogP contribution is 2.14. The van der Waals surface area contributed by atoms with Gasteiger partial charge in [-0.25, -0.2) is 26.3 Å². The van der Waals surface area contributed by atoms with Crippen LogP contribution in [0.4, 0.5) is 26.3 Å². The Morgan fingerprint density at radius 1 is 0.255 bits per heavy atom. The smallest absolute Gasteiger partial charge is 0.129 e. The van der Waals surface area contributed by atoms with Crippen molar-refractivity contribution >= 4 is 0 Å². The second kappa shape index (κ2) is 27.4. The third-order valence-electron chi connectivity index (χ3n) is 6.72. The van der Waals surface area contributed by atoms with Crippen molar-refractivity contribution in [3.05, 3.63) is 175 Å². The van der Waals surface area contributed by atoms with Crippen LogP contribution in [0.1, 0.15) is 92.8 Å². The quantitative estimate of drug-likeness (QED) is 0.140. The Labute approximate surface area is 307 Å². The first-order valence-electron chi connectivity index (χ1n) is 14.7. The van der Waals surface area contributed by atoms with Crippen molar-refractivity contribution in [2.75, 3.05) is 0 Å². The number of hydrogen-bond acceptors (Lipinski definition) is 0. The van der Waals surface area contributed by atoms with Gasteiger partial charge in [0.1, 0.15) is 34.9 Å². The van der Waals surface area contributed by atoms with Crippen LogP contribution in [-0.2, 0) is 0 Å². The van der Waals surface area contributed by atoms with Gasteiger partial charge in [0.2, 0.25) is 0 Å². The van der Waals surface area contributed by atoms with Gasteiger partial charge in [0.15, 0.2) is 0 Å². The van der Waals surface area contributed by atoms with E-state index in [1.165, 1.54) is 61.4 Å². The molecule has 0 heterocycles. The summed E-state index contributed by atoms with van der Waals surface area (Å²) in [7, 11) is 0. The number of benzene rings is 5. The summed E-state index contributed by atoms with van der Waals surface area (Å²) >= 11 is 0. The predicted octanol–water partition coefficient (Wildman–Crippen LogP) is 15.5. The average Bonchev–Trinajstić information content (AvgIpc) is 2.97. The molecule has 5 aromatic carbocycles. The molecule has 0 amide bonds. The lowest BCUT2D eigenvalue weighted by molar-refractivity contribution is 0.565. The van der Waals surface area contributed by atoms with E-state index < -0.39 is 23.3 Å². The predicted molar refractivity (Wildman–Crippen MR) is 213 cm³/mol. The van der Waals surface area contributed by atoms with Crippen molar-refractivity contribution < 1.29 is 26.3 Å². The van der Waals surface area contributed by atoms with Crippen LogP contribution in [0.3, 0.4) is 0 Å². The highest BCUT2D eigenvalue weighted by Gasteiger charge is 2.04. The normalized spacial score (nSPS) is 8.78. The minimum Gasteiger partial charge on any atom is -0.207 e. The fraction of sp³-hybridized carbons (Fsp3) is 0.333. The van der Waals surface area contributed by atoms with Crippen molar-refractivity contribution in [2.45, 2.75) is 106 Å². The summed E-state index contributed by atoms with van der Waals surface area (Å²) in [5.74, 6) is -2.13. The number of hydrogen-bond donors (Lipinski definition) is 0. The maximum absolute atomic E-state index is 12.6. The van der Waals surface area contributed by atoms with E-state index in [0.29, 0.717) is 22.3 Å². The molecule has 6 heteroatoms. The number of rotatable bonds is 0. The first-order valence-corrected chi connectivity index (χ1v) is 14.7. The molecule has 0 aromatic heterocycles. The molecule has 5 aromatic rings. The summed E-state index contributed by atoms with van der Waals surface area (Å²) in [6, 6.07) is 24.2. The van der Waals surface area contributed by atoms with Gasteiger partial charge in [-0.2, -0.15) is 0 Å². The maximum atomic E-state index is 12.6. The molecule has 0 fully saturated rings. The Kier molecular flexibility index (Phi) is 30.1. The molecule has 0 nitrogen and oxygen atoms in total. The zero-order chi connectivity index (χ0) is 35.1. The fourth-order valence-electron chi connectivity index (χ4n) is 3.58. The van der Waals surface area contributed by atoms with Crippen LogP contribution >= 0.6 is 0 Å². The minimum absolute atomic E-state index is 0. The molecule has 0 radical (unpaired) electrons. The van der Waals surface area contributed by atoms with E-state index >= 15 is 0 Å². The number of aryl methyl sites for hydroxylation is 8. The van der Waals surface area contributed by atoms with Gasteiger partial charge in [0, 0.05) is 11.1 Å². The Morgan fingerprint density at radius 2 is 0.451 bits per heavy atom. The largest absolute Gasteiger partial charge is 0.207 e. The molecule has 0 spiro atoms. The standard InChI is InChI=1S/2C8H8F2.2C8H9F.C8H10.5CH4/c2*1-5-3-7(9)6(2)8(10)4-5;2*1-6-3-4-7(2)8(9)5-6;1-7-3-5-8(2)6-4-7;;;;;/h2*3-4H,1-2H3;2*3-5H,1-2H3;3-6H,1-2H3;5*1H4. The summed E-state index contributed by atoms with van der Waals surface area (Å²) in [6.07, 6.45) is 0. The van der Waals surface area contributed by atoms with Crippen molar-refractivity contribution in [3.8, 4) is 0 Å². The van der Waals surface area contributed by atoms with Crippen LogP contribution in [0.25, 0.3) is 0 Å².